The number of rotatable bonds is 3. The lowest BCUT2D eigenvalue weighted by atomic mass is 9.78. The van der Waals surface area contributed by atoms with Crippen molar-refractivity contribution in [3.63, 3.8) is 0 Å². The topological polar surface area (TPSA) is 66.4 Å². The molecular formula is C25H29FN4O3. The number of fused-ring (bicyclic) bond motifs is 3. The Morgan fingerprint density at radius 3 is 2.76 bits per heavy atom. The Morgan fingerprint density at radius 2 is 2.03 bits per heavy atom. The van der Waals surface area contributed by atoms with E-state index in [1.54, 1.807) is 12.1 Å². The van der Waals surface area contributed by atoms with Crippen LogP contribution in [0.3, 0.4) is 0 Å². The second-order valence-corrected chi connectivity index (χ2v) is 9.23. The number of nitrogens with zero attached hydrogens (tertiary/aromatic N) is 3. The maximum absolute atomic E-state index is 15.2. The molecule has 0 spiro atoms. The van der Waals surface area contributed by atoms with Crippen LogP contribution in [0.25, 0.3) is 11.1 Å². The first kappa shape index (κ1) is 21.7. The van der Waals surface area contributed by atoms with E-state index in [1.807, 2.05) is 17.9 Å². The van der Waals surface area contributed by atoms with Gasteiger partial charge in [-0.1, -0.05) is 6.92 Å². The highest BCUT2D eigenvalue weighted by Crippen LogP contribution is 2.46. The van der Waals surface area contributed by atoms with Crippen LogP contribution in [0.4, 0.5) is 10.1 Å². The average Bonchev–Trinajstić information content (AvgIpc) is 2.80. The molecule has 5 rings (SSSR count). The number of nitrogens with one attached hydrogen (secondary N) is 1. The molecule has 1 unspecified atom stereocenters. The van der Waals surface area contributed by atoms with E-state index in [9.17, 15) is 4.79 Å². The summed E-state index contributed by atoms with van der Waals surface area (Å²) in [7, 11) is 3.66. The Balaban J connectivity index is 1.69. The van der Waals surface area contributed by atoms with Gasteiger partial charge in [0.2, 0.25) is 0 Å². The number of ether oxygens (including phenoxy) is 2. The van der Waals surface area contributed by atoms with Crippen molar-refractivity contribution in [2.24, 2.45) is 11.0 Å². The summed E-state index contributed by atoms with van der Waals surface area (Å²) < 4.78 is 26.5. The van der Waals surface area contributed by atoms with Gasteiger partial charge in [0.1, 0.15) is 30.0 Å². The van der Waals surface area contributed by atoms with Crippen LogP contribution in [0.5, 0.6) is 11.5 Å². The molecule has 33 heavy (non-hydrogen) atoms. The molecule has 174 valence electrons. The molecule has 1 fully saturated rings. The van der Waals surface area contributed by atoms with Gasteiger partial charge in [0.05, 0.1) is 12.8 Å². The summed E-state index contributed by atoms with van der Waals surface area (Å²) in [6, 6.07) is 8.57. The largest absolute Gasteiger partial charge is 0.497 e. The molecule has 7 nitrogen and oxygen atoms in total. The van der Waals surface area contributed by atoms with Crippen molar-refractivity contribution in [3.05, 3.63) is 41.7 Å². The summed E-state index contributed by atoms with van der Waals surface area (Å²) in [6.45, 7) is 6.29. The molecule has 3 atom stereocenters. The minimum absolute atomic E-state index is 0.161. The van der Waals surface area contributed by atoms with Crippen LogP contribution < -0.4 is 19.8 Å². The highest BCUT2D eigenvalue weighted by Gasteiger charge is 2.37. The maximum Gasteiger partial charge on any atom is 0.262 e. The van der Waals surface area contributed by atoms with E-state index in [0.29, 0.717) is 28.8 Å². The van der Waals surface area contributed by atoms with Crippen LogP contribution in [-0.2, 0) is 4.79 Å². The number of hydrazone groups is 1. The van der Waals surface area contributed by atoms with Crippen LogP contribution in [0, 0.1) is 11.7 Å². The van der Waals surface area contributed by atoms with Crippen molar-refractivity contribution in [3.8, 4) is 22.6 Å². The zero-order valence-corrected chi connectivity index (χ0v) is 19.4. The summed E-state index contributed by atoms with van der Waals surface area (Å²) in [5, 5.41) is 4.20. The number of hydrogen-bond acceptors (Lipinski definition) is 6. The number of amides is 1. The molecule has 1 amide bonds. The minimum Gasteiger partial charge on any atom is -0.497 e. The Kier molecular flexibility index (Phi) is 5.48. The Labute approximate surface area is 193 Å². The molecule has 1 saturated heterocycles. The van der Waals surface area contributed by atoms with Crippen molar-refractivity contribution in [2.75, 3.05) is 38.8 Å². The van der Waals surface area contributed by atoms with Crippen molar-refractivity contribution in [1.82, 2.24) is 10.3 Å². The molecule has 0 bridgehead atoms. The molecule has 0 radical (unpaired) electrons. The van der Waals surface area contributed by atoms with Gasteiger partial charge in [-0.25, -0.2) is 9.82 Å². The molecule has 3 aliphatic heterocycles. The van der Waals surface area contributed by atoms with Crippen LogP contribution in [0.1, 0.15) is 31.7 Å². The molecule has 3 aliphatic rings. The number of hydrogen-bond donors (Lipinski definition) is 1. The Bertz CT molecular complexity index is 1130. The van der Waals surface area contributed by atoms with Crippen molar-refractivity contribution in [2.45, 2.75) is 32.2 Å². The number of carbonyl (C=O) groups excluding carboxylic acids is 1. The molecule has 0 aliphatic carbocycles. The highest BCUT2D eigenvalue weighted by atomic mass is 19.1. The number of piperidine rings is 1. The Morgan fingerprint density at radius 1 is 1.21 bits per heavy atom. The van der Waals surface area contributed by atoms with Gasteiger partial charge in [-0.05, 0) is 74.2 Å². The SMILES string of the molecule is COc1ccc(-c2cc3c(cc2[C@@H]2CCN(C)C[C@@H]2C)N2C(=NNC(=O)C2C)CO3)c(F)c1. The molecule has 0 aromatic heterocycles. The van der Waals surface area contributed by atoms with E-state index >= 15 is 4.39 Å². The number of likely N-dealkylation sites (tertiary alicyclic amines) is 1. The summed E-state index contributed by atoms with van der Waals surface area (Å²) >= 11 is 0. The zero-order valence-electron chi connectivity index (χ0n) is 19.4. The smallest absolute Gasteiger partial charge is 0.262 e. The molecule has 2 aromatic rings. The third-order valence-electron chi connectivity index (χ3n) is 7.06. The normalized spacial score (nSPS) is 24.9. The van der Waals surface area contributed by atoms with Crippen molar-refractivity contribution < 1.29 is 18.7 Å². The quantitative estimate of drug-likeness (QED) is 0.771. The molecule has 2 aromatic carbocycles. The van der Waals surface area contributed by atoms with E-state index in [1.165, 1.54) is 13.2 Å². The first-order valence-electron chi connectivity index (χ1n) is 11.4. The second-order valence-electron chi connectivity index (χ2n) is 9.23. The maximum atomic E-state index is 15.2. The van der Waals surface area contributed by atoms with Crippen LogP contribution in [0.2, 0.25) is 0 Å². The fourth-order valence-corrected chi connectivity index (χ4v) is 5.29. The summed E-state index contributed by atoms with van der Waals surface area (Å²) in [6.07, 6.45) is 0.971. The summed E-state index contributed by atoms with van der Waals surface area (Å²) in [5.41, 5.74) is 5.79. The number of amidine groups is 1. The first-order chi connectivity index (χ1) is 15.9. The van der Waals surface area contributed by atoms with E-state index < -0.39 is 6.04 Å². The lowest BCUT2D eigenvalue weighted by molar-refractivity contribution is -0.122. The number of carbonyl (C=O) groups is 1. The second kappa shape index (κ2) is 8.33. The molecule has 3 heterocycles. The van der Waals surface area contributed by atoms with E-state index in [0.717, 1.165) is 36.3 Å². The van der Waals surface area contributed by atoms with Crippen molar-refractivity contribution >= 4 is 17.4 Å². The number of benzene rings is 2. The third-order valence-corrected chi connectivity index (χ3v) is 7.06. The molecule has 8 heteroatoms. The lowest BCUT2D eigenvalue weighted by Crippen LogP contribution is -2.55. The van der Waals surface area contributed by atoms with E-state index in [-0.39, 0.29) is 24.2 Å². The van der Waals surface area contributed by atoms with Gasteiger partial charge >= 0.3 is 0 Å². The number of halogens is 1. The van der Waals surface area contributed by atoms with Gasteiger partial charge < -0.3 is 19.3 Å². The standard InChI is InChI=1S/C25H29FN4O3/c1-14-12-29(3)8-7-17(14)19-10-22-23(33-13-24-27-28-25(31)15(2)30(22)24)11-20(19)18-6-5-16(32-4)9-21(18)26/h5-6,9-11,14-15,17H,7-8,12-13H2,1-4H3,(H,28,31)/t14-,15?,17+/m0/s1. The van der Waals surface area contributed by atoms with Crippen molar-refractivity contribution in [1.29, 1.82) is 0 Å². The van der Waals surface area contributed by atoms with E-state index in [2.05, 4.69) is 35.5 Å². The van der Waals surface area contributed by atoms with Crippen LogP contribution in [0.15, 0.2) is 35.4 Å². The minimum atomic E-state index is -0.411. The van der Waals surface area contributed by atoms with Crippen LogP contribution >= 0.6 is 0 Å². The molecule has 0 saturated carbocycles. The predicted octanol–water partition coefficient (Wildman–Crippen LogP) is 3.59. The first-order valence-corrected chi connectivity index (χ1v) is 11.4. The van der Waals surface area contributed by atoms with Gasteiger partial charge in [0.15, 0.2) is 5.84 Å². The predicted molar refractivity (Wildman–Crippen MR) is 125 cm³/mol. The number of methoxy groups -OCH3 is 1. The van der Waals surface area contributed by atoms with E-state index in [4.69, 9.17) is 9.47 Å². The zero-order chi connectivity index (χ0) is 23.3. The fraction of sp³-hybridized carbons (Fsp3) is 0.440. The third kappa shape index (κ3) is 3.72. The lowest BCUT2D eigenvalue weighted by Gasteiger charge is -2.40. The van der Waals surface area contributed by atoms with Gasteiger partial charge in [-0.2, -0.15) is 5.10 Å². The van der Waals surface area contributed by atoms with Gasteiger partial charge in [0.25, 0.3) is 5.91 Å². The molecular weight excluding hydrogens is 423 g/mol. The van der Waals surface area contributed by atoms with Crippen LogP contribution in [-0.4, -0.2) is 56.5 Å². The van der Waals surface area contributed by atoms with Gasteiger partial charge in [-0.3, -0.25) is 4.79 Å². The number of anilines is 1. The highest BCUT2D eigenvalue weighted by molar-refractivity contribution is 6.09. The summed E-state index contributed by atoms with van der Waals surface area (Å²) in [5.74, 6) is 1.92. The average molecular weight is 453 g/mol. The van der Waals surface area contributed by atoms with Gasteiger partial charge in [-0.15, -0.1) is 0 Å². The molecule has 1 N–H and O–H groups in total. The fourth-order valence-electron chi connectivity index (χ4n) is 5.29. The Hall–Kier alpha value is -3.13. The summed E-state index contributed by atoms with van der Waals surface area (Å²) in [4.78, 5) is 16.6. The van der Waals surface area contributed by atoms with Gasteiger partial charge in [0, 0.05) is 18.2 Å². The monoisotopic (exact) mass is 452 g/mol.